The van der Waals surface area contributed by atoms with Gasteiger partial charge in [-0.2, -0.15) is 0 Å². The minimum atomic E-state index is -1.17. The van der Waals surface area contributed by atoms with E-state index in [4.69, 9.17) is 33.0 Å². The fourth-order valence-electron chi connectivity index (χ4n) is 8.22. The molecule has 1 amide bonds. The molecule has 2 bridgehead atoms. The number of alkyl carbamates (subject to hydrolysis) is 1. The van der Waals surface area contributed by atoms with Crippen molar-refractivity contribution in [2.75, 3.05) is 19.6 Å². The number of esters is 1. The van der Waals surface area contributed by atoms with Crippen LogP contribution in [0.5, 0.6) is 11.5 Å². The summed E-state index contributed by atoms with van der Waals surface area (Å²) in [6.07, 6.45) is 0.911. The Labute approximate surface area is 325 Å². The van der Waals surface area contributed by atoms with Crippen LogP contribution in [0.25, 0.3) is 0 Å². The number of aliphatic carboxylic acids is 1. The largest absolute Gasteiger partial charge is 0.514 e. The molecule has 2 N–H and O–H groups in total. The second-order valence-corrected chi connectivity index (χ2v) is 19.3. The van der Waals surface area contributed by atoms with Crippen LogP contribution in [0.4, 0.5) is 9.59 Å². The van der Waals surface area contributed by atoms with Crippen molar-refractivity contribution in [2.24, 2.45) is 17.3 Å². The Balaban J connectivity index is 1.32. The lowest BCUT2D eigenvalue weighted by Crippen LogP contribution is -2.65. The molecule has 15 heteroatoms. The van der Waals surface area contributed by atoms with E-state index in [1.165, 1.54) is 0 Å². The number of carbonyl (C=O) groups is 4. The summed E-state index contributed by atoms with van der Waals surface area (Å²) in [5.74, 6) is -0.723. The molecule has 14 nitrogen and oxygen atoms in total. The van der Waals surface area contributed by atoms with Gasteiger partial charge in [-0.1, -0.05) is 19.9 Å². The van der Waals surface area contributed by atoms with Gasteiger partial charge in [0.1, 0.15) is 40.3 Å². The van der Waals surface area contributed by atoms with E-state index in [0.717, 1.165) is 12.8 Å². The fourth-order valence-corrected chi connectivity index (χ4v) is 8.22. The molecule has 0 radical (unpaired) electrons. The van der Waals surface area contributed by atoms with E-state index in [9.17, 15) is 24.3 Å². The van der Waals surface area contributed by atoms with Gasteiger partial charge in [0.05, 0.1) is 11.7 Å². The molecule has 1 aromatic carbocycles. The molecule has 0 spiro atoms. The highest BCUT2D eigenvalue weighted by Crippen LogP contribution is 2.65. The summed E-state index contributed by atoms with van der Waals surface area (Å²) in [5, 5.41) is 12.1. The molecule has 55 heavy (non-hydrogen) atoms. The second kappa shape index (κ2) is 15.4. The standard InChI is InChI=1S/C40H61BN2O12/c1-36(2,3)51-33(46)30-27(49-25-21-43(22-25)18-16-26(32(44)45)42-34(47)52-37(4,5)6)14-13-23(31(30)50-35(48)53-38(7,8)9)15-17-41-54-29-20-24-19-28(39(24,10)11)40(29,12)55-41/h13-14,24-26,28-29H,15-22H2,1-12H3,(H,42,47)(H,44,45)/t24-,26?,28-,29+,40-/m0/s1. The molecular weight excluding hydrogens is 711 g/mol. The first-order chi connectivity index (χ1) is 25.2. The highest BCUT2D eigenvalue weighted by Gasteiger charge is 2.67. The molecule has 2 aliphatic heterocycles. The fraction of sp³-hybridized carbons (Fsp3) is 0.750. The van der Waals surface area contributed by atoms with E-state index in [0.29, 0.717) is 49.8 Å². The molecule has 6 rings (SSSR count). The molecule has 0 aromatic heterocycles. The van der Waals surface area contributed by atoms with Gasteiger partial charge >= 0.3 is 31.3 Å². The number of benzene rings is 1. The smallest absolute Gasteiger partial charge is 0.487 e. The van der Waals surface area contributed by atoms with Crippen molar-refractivity contribution in [3.63, 3.8) is 0 Å². The molecule has 3 aliphatic carbocycles. The first-order valence-electron chi connectivity index (χ1n) is 19.5. The zero-order valence-electron chi connectivity index (χ0n) is 34.7. The zero-order valence-corrected chi connectivity index (χ0v) is 34.7. The molecule has 306 valence electrons. The summed E-state index contributed by atoms with van der Waals surface area (Å²) in [4.78, 5) is 53.2. The minimum Gasteiger partial charge on any atom is -0.487 e. The van der Waals surface area contributed by atoms with Gasteiger partial charge in [-0.15, -0.1) is 0 Å². The predicted molar refractivity (Wildman–Crippen MR) is 203 cm³/mol. The minimum absolute atomic E-state index is 0.0122. The number of rotatable bonds is 12. The third kappa shape index (κ3) is 10.3. The Hall–Kier alpha value is -3.56. The maximum atomic E-state index is 14.0. The van der Waals surface area contributed by atoms with Crippen LogP contribution >= 0.6 is 0 Å². The van der Waals surface area contributed by atoms with Crippen LogP contribution in [0.2, 0.25) is 6.32 Å². The van der Waals surface area contributed by atoms with Crippen molar-refractivity contribution in [1.29, 1.82) is 0 Å². The van der Waals surface area contributed by atoms with Crippen LogP contribution in [0.3, 0.4) is 0 Å². The van der Waals surface area contributed by atoms with Gasteiger partial charge in [-0.05, 0) is 130 Å². The van der Waals surface area contributed by atoms with Gasteiger partial charge in [0.2, 0.25) is 0 Å². The van der Waals surface area contributed by atoms with E-state index < -0.39 is 54.2 Å². The van der Waals surface area contributed by atoms with Gasteiger partial charge in [0, 0.05) is 19.6 Å². The lowest BCUT2D eigenvalue weighted by Gasteiger charge is -2.64. The van der Waals surface area contributed by atoms with Gasteiger partial charge in [-0.3, -0.25) is 4.90 Å². The van der Waals surface area contributed by atoms with Crippen molar-refractivity contribution in [3.8, 4) is 11.5 Å². The lowest BCUT2D eigenvalue weighted by atomic mass is 9.43. The number of carboxylic acid groups (broad SMARTS) is 1. The Morgan fingerprint density at radius 1 is 0.945 bits per heavy atom. The summed E-state index contributed by atoms with van der Waals surface area (Å²) in [5.41, 5.74) is -2.16. The Morgan fingerprint density at radius 2 is 1.58 bits per heavy atom. The molecule has 5 aliphatic rings. The number of aryl methyl sites for hydroxylation is 1. The van der Waals surface area contributed by atoms with Crippen LogP contribution in [0.15, 0.2) is 12.1 Å². The number of amides is 1. The quantitative estimate of drug-likeness (QED) is 0.100. The van der Waals surface area contributed by atoms with E-state index in [2.05, 4.69) is 26.1 Å². The topological polar surface area (TPSA) is 168 Å². The molecule has 5 fully saturated rings. The van der Waals surface area contributed by atoms with Crippen molar-refractivity contribution in [3.05, 3.63) is 23.3 Å². The number of nitrogens with one attached hydrogen (secondary N) is 1. The molecule has 2 saturated heterocycles. The number of likely N-dealkylation sites (tertiary alicyclic amines) is 1. The first-order valence-corrected chi connectivity index (χ1v) is 19.5. The van der Waals surface area contributed by atoms with Crippen LogP contribution in [0, 0.1) is 17.3 Å². The molecular formula is C40H61BN2O12. The Kier molecular flexibility index (Phi) is 11.9. The van der Waals surface area contributed by atoms with Crippen LogP contribution in [0.1, 0.15) is 118 Å². The van der Waals surface area contributed by atoms with Crippen molar-refractivity contribution in [2.45, 2.75) is 156 Å². The number of carboxylic acids is 1. The summed E-state index contributed by atoms with van der Waals surface area (Å²) in [7, 11) is -0.471. The van der Waals surface area contributed by atoms with Crippen molar-refractivity contribution >= 4 is 31.3 Å². The zero-order chi connectivity index (χ0) is 40.9. The van der Waals surface area contributed by atoms with E-state index in [1.807, 2.05) is 4.90 Å². The number of hydrogen-bond acceptors (Lipinski definition) is 12. The second-order valence-electron chi connectivity index (χ2n) is 19.3. The summed E-state index contributed by atoms with van der Waals surface area (Å²) < 4.78 is 41.9. The average Bonchev–Trinajstić information content (AvgIpc) is 3.34. The van der Waals surface area contributed by atoms with Gasteiger partial charge in [0.25, 0.3) is 0 Å². The van der Waals surface area contributed by atoms with Crippen molar-refractivity contribution < 1.29 is 57.3 Å². The Morgan fingerprint density at radius 3 is 2.16 bits per heavy atom. The van der Waals surface area contributed by atoms with E-state index in [1.54, 1.807) is 74.4 Å². The first kappa shape index (κ1) is 42.6. The van der Waals surface area contributed by atoms with Gasteiger partial charge in [-0.25, -0.2) is 19.2 Å². The Bertz CT molecular complexity index is 1620. The SMILES string of the molecule is CC(C)(C)OC(=O)NC(CCN1CC(Oc2ccc(CCB3O[C@@H]4C[C@@H]5C[C@@H](C5(C)C)[C@]4(C)O3)c(OC(=O)OC(C)(C)C)c2C(=O)OC(C)(C)C)C1)C(=O)O. The number of carbonyl (C=O) groups excluding carboxylic acids is 3. The number of ether oxygens (including phenoxy) is 5. The summed E-state index contributed by atoms with van der Waals surface area (Å²) >= 11 is 0. The van der Waals surface area contributed by atoms with Gasteiger partial charge < -0.3 is 43.4 Å². The summed E-state index contributed by atoms with van der Waals surface area (Å²) in [6.45, 7) is 23.5. The number of nitrogens with zero attached hydrogens (tertiary/aromatic N) is 1. The van der Waals surface area contributed by atoms with E-state index in [-0.39, 0.29) is 46.7 Å². The molecule has 1 unspecified atom stereocenters. The third-order valence-electron chi connectivity index (χ3n) is 11.0. The molecule has 5 atom stereocenters. The highest BCUT2D eigenvalue weighted by atomic mass is 16.7. The average molecular weight is 773 g/mol. The normalized spacial score (nSPS) is 25.5. The molecule has 3 saturated carbocycles. The predicted octanol–water partition coefficient (Wildman–Crippen LogP) is 6.66. The van der Waals surface area contributed by atoms with Gasteiger partial charge in [0.15, 0.2) is 5.75 Å². The highest BCUT2D eigenvalue weighted by molar-refractivity contribution is 6.45. The summed E-state index contributed by atoms with van der Waals surface area (Å²) in [6, 6.07) is 2.31. The van der Waals surface area contributed by atoms with Crippen LogP contribution in [-0.4, -0.2) is 102 Å². The molecule has 2 heterocycles. The monoisotopic (exact) mass is 772 g/mol. The lowest BCUT2D eigenvalue weighted by molar-refractivity contribution is -0.199. The number of hydrogen-bond donors (Lipinski definition) is 2. The van der Waals surface area contributed by atoms with Crippen LogP contribution in [-0.2, 0) is 34.7 Å². The third-order valence-corrected chi connectivity index (χ3v) is 11.0. The van der Waals surface area contributed by atoms with Crippen LogP contribution < -0.4 is 14.8 Å². The maximum Gasteiger partial charge on any atom is 0.514 e. The maximum absolute atomic E-state index is 14.0. The molecule has 1 aromatic rings. The van der Waals surface area contributed by atoms with E-state index >= 15 is 0 Å². The van der Waals surface area contributed by atoms with Crippen molar-refractivity contribution in [1.82, 2.24) is 10.2 Å².